The van der Waals surface area contributed by atoms with E-state index in [1.54, 1.807) is 0 Å². The van der Waals surface area contributed by atoms with E-state index in [4.69, 9.17) is 0 Å². The van der Waals surface area contributed by atoms with Crippen LogP contribution in [0.5, 0.6) is 0 Å². The quantitative estimate of drug-likeness (QED) is 0.395. The number of halogens is 1. The van der Waals surface area contributed by atoms with Crippen LogP contribution in [0.4, 0.5) is 0 Å². The SMILES string of the molecule is CC(Br)(C=O)C1=CCCCC1. The molecule has 1 rings (SSSR count). The van der Waals surface area contributed by atoms with Crippen molar-refractivity contribution in [3.05, 3.63) is 11.6 Å². The van der Waals surface area contributed by atoms with Gasteiger partial charge in [-0.1, -0.05) is 27.6 Å². The van der Waals surface area contributed by atoms with E-state index in [9.17, 15) is 4.79 Å². The first kappa shape index (κ1) is 8.98. The van der Waals surface area contributed by atoms with Gasteiger partial charge in [-0.3, -0.25) is 0 Å². The summed E-state index contributed by atoms with van der Waals surface area (Å²) in [6, 6.07) is 0. The molecule has 1 aliphatic rings. The van der Waals surface area contributed by atoms with Crippen LogP contribution in [0.25, 0.3) is 0 Å². The molecule has 1 aliphatic carbocycles. The molecule has 0 spiro atoms. The van der Waals surface area contributed by atoms with E-state index in [1.807, 2.05) is 6.92 Å². The van der Waals surface area contributed by atoms with Gasteiger partial charge in [0.15, 0.2) is 0 Å². The Balaban J connectivity index is 2.71. The van der Waals surface area contributed by atoms with E-state index in [2.05, 4.69) is 22.0 Å². The molecule has 0 aromatic rings. The maximum Gasteiger partial charge on any atom is 0.140 e. The van der Waals surface area contributed by atoms with Gasteiger partial charge in [0, 0.05) is 0 Å². The molecular weight excluding hydrogens is 204 g/mol. The minimum absolute atomic E-state index is 0.395. The van der Waals surface area contributed by atoms with Crippen LogP contribution in [-0.4, -0.2) is 10.6 Å². The summed E-state index contributed by atoms with van der Waals surface area (Å²) in [6.45, 7) is 1.91. The average Bonchev–Trinajstić information content (AvgIpc) is 2.06. The Morgan fingerprint density at radius 3 is 2.82 bits per heavy atom. The number of carbonyl (C=O) groups excluding carboxylic acids is 1. The van der Waals surface area contributed by atoms with E-state index in [-0.39, 0.29) is 0 Å². The Labute approximate surface area is 76.0 Å². The molecule has 0 amide bonds. The predicted octanol–water partition coefficient (Wildman–Crippen LogP) is 2.84. The van der Waals surface area contributed by atoms with E-state index in [1.165, 1.54) is 18.4 Å². The maximum absolute atomic E-state index is 10.6. The van der Waals surface area contributed by atoms with Gasteiger partial charge in [-0.05, 0) is 32.6 Å². The summed E-state index contributed by atoms with van der Waals surface area (Å²) < 4.78 is -0.395. The first-order valence-electron chi connectivity index (χ1n) is 4.01. The lowest BCUT2D eigenvalue weighted by Crippen LogP contribution is -2.21. The van der Waals surface area contributed by atoms with Crippen molar-refractivity contribution in [2.45, 2.75) is 36.9 Å². The summed E-state index contributed by atoms with van der Waals surface area (Å²) in [5.41, 5.74) is 1.25. The lowest BCUT2D eigenvalue weighted by Gasteiger charge is -2.22. The predicted molar refractivity (Wildman–Crippen MR) is 49.9 cm³/mol. The largest absolute Gasteiger partial charge is 0.301 e. The van der Waals surface area contributed by atoms with Crippen molar-refractivity contribution in [2.24, 2.45) is 0 Å². The summed E-state index contributed by atoms with van der Waals surface area (Å²) in [5.74, 6) is 0. The Kier molecular flexibility index (Phi) is 2.88. The molecule has 0 aromatic carbocycles. The third kappa shape index (κ3) is 2.16. The minimum Gasteiger partial charge on any atom is -0.301 e. The summed E-state index contributed by atoms with van der Waals surface area (Å²) in [4.78, 5) is 10.6. The lowest BCUT2D eigenvalue weighted by molar-refractivity contribution is -0.108. The number of hydrogen-bond donors (Lipinski definition) is 0. The number of hydrogen-bond acceptors (Lipinski definition) is 1. The Hall–Kier alpha value is -0.110. The van der Waals surface area contributed by atoms with E-state index >= 15 is 0 Å². The summed E-state index contributed by atoms with van der Waals surface area (Å²) in [6.07, 6.45) is 7.86. The third-order valence-corrected chi connectivity index (χ3v) is 2.84. The van der Waals surface area contributed by atoms with Gasteiger partial charge < -0.3 is 4.79 Å². The van der Waals surface area contributed by atoms with Crippen LogP contribution in [0.3, 0.4) is 0 Å². The summed E-state index contributed by atoms with van der Waals surface area (Å²) in [7, 11) is 0. The summed E-state index contributed by atoms with van der Waals surface area (Å²) in [5, 5.41) is 0. The van der Waals surface area contributed by atoms with Gasteiger partial charge in [0.05, 0.1) is 4.32 Å². The molecule has 1 unspecified atom stereocenters. The molecule has 1 atom stereocenters. The molecule has 0 aromatic heterocycles. The zero-order chi connectivity index (χ0) is 8.32. The number of carbonyl (C=O) groups is 1. The highest BCUT2D eigenvalue weighted by Crippen LogP contribution is 2.32. The zero-order valence-corrected chi connectivity index (χ0v) is 8.36. The average molecular weight is 217 g/mol. The molecule has 0 fully saturated rings. The second kappa shape index (κ2) is 3.53. The van der Waals surface area contributed by atoms with Gasteiger partial charge in [-0.15, -0.1) is 0 Å². The topological polar surface area (TPSA) is 17.1 Å². The molecule has 0 saturated heterocycles. The molecule has 11 heavy (non-hydrogen) atoms. The van der Waals surface area contributed by atoms with E-state index < -0.39 is 4.32 Å². The highest BCUT2D eigenvalue weighted by atomic mass is 79.9. The molecule has 0 saturated carbocycles. The molecule has 0 radical (unpaired) electrons. The van der Waals surface area contributed by atoms with Crippen molar-refractivity contribution in [2.75, 3.05) is 0 Å². The number of aldehydes is 1. The van der Waals surface area contributed by atoms with Crippen LogP contribution in [0.1, 0.15) is 32.6 Å². The second-order valence-electron chi connectivity index (χ2n) is 3.17. The van der Waals surface area contributed by atoms with Crippen molar-refractivity contribution >= 4 is 22.2 Å². The summed E-state index contributed by atoms with van der Waals surface area (Å²) >= 11 is 3.41. The Morgan fingerprint density at radius 2 is 2.36 bits per heavy atom. The minimum atomic E-state index is -0.395. The molecule has 0 heterocycles. The number of alkyl halides is 1. The number of allylic oxidation sites excluding steroid dienone is 2. The zero-order valence-electron chi connectivity index (χ0n) is 6.77. The normalized spacial score (nSPS) is 23.6. The first-order chi connectivity index (χ1) is 5.17. The molecule has 1 nitrogen and oxygen atoms in total. The van der Waals surface area contributed by atoms with Crippen LogP contribution < -0.4 is 0 Å². The number of rotatable bonds is 2. The van der Waals surface area contributed by atoms with Crippen molar-refractivity contribution in [3.63, 3.8) is 0 Å². The highest BCUT2D eigenvalue weighted by Gasteiger charge is 2.25. The molecule has 62 valence electrons. The molecule has 0 aliphatic heterocycles. The van der Waals surface area contributed by atoms with Crippen molar-refractivity contribution in [1.29, 1.82) is 0 Å². The van der Waals surface area contributed by atoms with Crippen LogP contribution >= 0.6 is 15.9 Å². The Bertz CT molecular complexity index is 182. The maximum atomic E-state index is 10.6. The van der Waals surface area contributed by atoms with Gasteiger partial charge >= 0.3 is 0 Å². The molecule has 0 N–H and O–H groups in total. The van der Waals surface area contributed by atoms with E-state index in [0.29, 0.717) is 0 Å². The van der Waals surface area contributed by atoms with Gasteiger partial charge in [0.1, 0.15) is 6.29 Å². The van der Waals surface area contributed by atoms with Gasteiger partial charge in [0.25, 0.3) is 0 Å². The standard InChI is InChI=1S/C9H13BrO/c1-9(10,7-11)8-5-3-2-4-6-8/h5,7H,2-4,6H2,1H3. The van der Waals surface area contributed by atoms with Gasteiger partial charge in [0.2, 0.25) is 0 Å². The van der Waals surface area contributed by atoms with Crippen molar-refractivity contribution in [1.82, 2.24) is 0 Å². The monoisotopic (exact) mass is 216 g/mol. The Morgan fingerprint density at radius 1 is 1.64 bits per heavy atom. The fourth-order valence-corrected chi connectivity index (χ4v) is 1.72. The smallest absolute Gasteiger partial charge is 0.140 e. The van der Waals surface area contributed by atoms with Crippen LogP contribution in [0.2, 0.25) is 0 Å². The first-order valence-corrected chi connectivity index (χ1v) is 4.81. The highest BCUT2D eigenvalue weighted by molar-refractivity contribution is 9.10. The second-order valence-corrected chi connectivity index (χ2v) is 4.82. The van der Waals surface area contributed by atoms with Gasteiger partial charge in [-0.25, -0.2) is 0 Å². The fourth-order valence-electron chi connectivity index (χ4n) is 1.36. The lowest BCUT2D eigenvalue weighted by atomic mass is 9.91. The molecular formula is C9H13BrO. The van der Waals surface area contributed by atoms with Crippen LogP contribution in [-0.2, 0) is 4.79 Å². The molecule has 2 heteroatoms. The molecule has 0 bridgehead atoms. The van der Waals surface area contributed by atoms with Crippen LogP contribution in [0.15, 0.2) is 11.6 Å². The van der Waals surface area contributed by atoms with Crippen molar-refractivity contribution in [3.8, 4) is 0 Å². The van der Waals surface area contributed by atoms with Gasteiger partial charge in [-0.2, -0.15) is 0 Å². The fraction of sp³-hybridized carbons (Fsp3) is 0.667. The van der Waals surface area contributed by atoms with Crippen molar-refractivity contribution < 1.29 is 4.79 Å². The van der Waals surface area contributed by atoms with Crippen LogP contribution in [0, 0.1) is 0 Å². The third-order valence-electron chi connectivity index (χ3n) is 2.14. The van der Waals surface area contributed by atoms with E-state index in [0.717, 1.165) is 19.1 Å².